The van der Waals surface area contributed by atoms with Gasteiger partial charge >= 0.3 is 12.2 Å². The molecule has 2 heterocycles. The lowest BCUT2D eigenvalue weighted by molar-refractivity contribution is -0.138. The smallest absolute Gasteiger partial charge is 0.353 e. The van der Waals surface area contributed by atoms with Crippen LogP contribution in [0.2, 0.25) is 0 Å². The number of benzene rings is 1. The van der Waals surface area contributed by atoms with Crippen LogP contribution in [0.25, 0.3) is 0 Å². The number of rotatable bonds is 7. The summed E-state index contributed by atoms with van der Waals surface area (Å²) in [5, 5.41) is 5.38. The maximum atomic E-state index is 13.0. The second-order valence-electron chi connectivity index (χ2n) is 8.01. The van der Waals surface area contributed by atoms with Crippen LogP contribution in [-0.2, 0) is 17.5 Å². The van der Waals surface area contributed by atoms with Crippen molar-refractivity contribution in [2.24, 2.45) is 0 Å². The lowest BCUT2D eigenvalue weighted by atomic mass is 10.1. The molecule has 1 saturated heterocycles. The number of hydrogen-bond acceptors (Lipinski definition) is 4. The first-order valence-corrected chi connectivity index (χ1v) is 11.0. The maximum Gasteiger partial charge on any atom is 0.417 e. The number of piperazine rings is 1. The number of hydrogen-bond donors (Lipinski definition) is 2. The van der Waals surface area contributed by atoms with Gasteiger partial charge in [0.2, 0.25) is 5.91 Å². The minimum Gasteiger partial charge on any atom is -0.353 e. The number of carbonyl (C=O) groups excluding carboxylic acids is 2. The number of halogens is 4. The fraction of sp³-hybridized carbons (Fsp3) is 0.435. The van der Waals surface area contributed by atoms with Gasteiger partial charge in [0.15, 0.2) is 0 Å². The summed E-state index contributed by atoms with van der Waals surface area (Å²) in [6.45, 7) is 3.66. The van der Waals surface area contributed by atoms with Crippen LogP contribution >= 0.6 is 0 Å². The van der Waals surface area contributed by atoms with Gasteiger partial charge in [-0.3, -0.25) is 4.79 Å². The molecule has 2 aromatic rings. The van der Waals surface area contributed by atoms with Crippen molar-refractivity contribution in [2.45, 2.75) is 38.5 Å². The first-order valence-electron chi connectivity index (χ1n) is 11.0. The third kappa shape index (κ3) is 6.82. The van der Waals surface area contributed by atoms with E-state index >= 15 is 0 Å². The summed E-state index contributed by atoms with van der Waals surface area (Å²) in [5.41, 5.74) is -0.0841. The highest BCUT2D eigenvalue weighted by atomic mass is 19.4. The molecular weight excluding hydrogens is 454 g/mol. The molecule has 0 bridgehead atoms. The molecule has 11 heteroatoms. The highest BCUT2D eigenvalue weighted by Crippen LogP contribution is 2.29. The van der Waals surface area contributed by atoms with Gasteiger partial charge in [-0.1, -0.05) is 25.5 Å². The van der Waals surface area contributed by atoms with Gasteiger partial charge in [0.25, 0.3) is 0 Å². The fourth-order valence-corrected chi connectivity index (χ4v) is 3.66. The lowest BCUT2D eigenvalue weighted by Gasteiger charge is -2.37. The first-order chi connectivity index (χ1) is 16.2. The van der Waals surface area contributed by atoms with Gasteiger partial charge in [-0.15, -0.1) is 0 Å². The Bertz CT molecular complexity index is 959. The second kappa shape index (κ2) is 11.2. The Kier molecular flexibility index (Phi) is 8.30. The summed E-state index contributed by atoms with van der Waals surface area (Å²) in [7, 11) is 0. The Morgan fingerprint density at radius 2 is 1.74 bits per heavy atom. The molecule has 2 N–H and O–H groups in total. The Hall–Kier alpha value is -3.37. The number of anilines is 1. The van der Waals surface area contributed by atoms with E-state index in [0.29, 0.717) is 44.8 Å². The summed E-state index contributed by atoms with van der Waals surface area (Å²) < 4.78 is 51.2. The van der Waals surface area contributed by atoms with E-state index in [-0.39, 0.29) is 18.3 Å². The lowest BCUT2D eigenvalue weighted by Crippen LogP contribution is -2.56. The van der Waals surface area contributed by atoms with E-state index in [1.165, 1.54) is 18.2 Å². The van der Waals surface area contributed by atoms with E-state index in [1.807, 2.05) is 11.8 Å². The topological polar surface area (TPSA) is 77.6 Å². The second-order valence-corrected chi connectivity index (χ2v) is 8.01. The Morgan fingerprint density at radius 3 is 2.29 bits per heavy atom. The summed E-state index contributed by atoms with van der Waals surface area (Å²) in [6, 6.07) is 6.86. The number of aromatic nitrogens is 1. The zero-order valence-electron chi connectivity index (χ0n) is 18.7. The van der Waals surface area contributed by atoms with Crippen LogP contribution in [0, 0.1) is 5.82 Å². The molecular formula is C23H27F4N5O2. The summed E-state index contributed by atoms with van der Waals surface area (Å²) in [6.07, 6.45) is -2.49. The average Bonchev–Trinajstić information content (AvgIpc) is 2.82. The SMILES string of the molecule is CCCC(NC(=O)NCc1ccc(F)cc1)C(=O)N1CCN(c2ccc(C(F)(F)F)cn2)CC1. The number of amides is 3. The van der Waals surface area contributed by atoms with Crippen molar-refractivity contribution < 1.29 is 27.2 Å². The van der Waals surface area contributed by atoms with Crippen molar-refractivity contribution in [3.63, 3.8) is 0 Å². The van der Waals surface area contributed by atoms with E-state index in [4.69, 9.17) is 0 Å². The van der Waals surface area contributed by atoms with Crippen LogP contribution in [0.15, 0.2) is 42.6 Å². The summed E-state index contributed by atoms with van der Waals surface area (Å²) in [4.78, 5) is 32.7. The van der Waals surface area contributed by atoms with Crippen LogP contribution in [0.4, 0.5) is 28.2 Å². The van der Waals surface area contributed by atoms with Crippen LogP contribution < -0.4 is 15.5 Å². The highest BCUT2D eigenvalue weighted by molar-refractivity contribution is 5.87. The van der Waals surface area contributed by atoms with Crippen molar-refractivity contribution in [2.75, 3.05) is 31.1 Å². The number of nitrogens with zero attached hydrogens (tertiary/aromatic N) is 3. The normalized spacial score (nSPS) is 15.1. The summed E-state index contributed by atoms with van der Waals surface area (Å²) in [5.74, 6) is -0.154. The molecule has 0 radical (unpaired) electrons. The molecule has 1 aliphatic rings. The molecule has 1 aromatic carbocycles. The molecule has 1 atom stereocenters. The van der Waals surface area contributed by atoms with Crippen molar-refractivity contribution in [1.29, 1.82) is 0 Å². The third-order valence-corrected chi connectivity index (χ3v) is 5.54. The largest absolute Gasteiger partial charge is 0.417 e. The van der Waals surface area contributed by atoms with E-state index in [1.54, 1.807) is 17.0 Å². The zero-order chi connectivity index (χ0) is 24.7. The van der Waals surface area contributed by atoms with Gasteiger partial charge in [-0.05, 0) is 36.2 Å². The Morgan fingerprint density at radius 1 is 1.06 bits per heavy atom. The number of pyridine rings is 1. The molecule has 1 fully saturated rings. The first kappa shape index (κ1) is 25.3. The van der Waals surface area contributed by atoms with Crippen LogP contribution in [0.3, 0.4) is 0 Å². The minimum atomic E-state index is -4.44. The van der Waals surface area contributed by atoms with Crippen molar-refractivity contribution in [3.05, 3.63) is 59.5 Å². The van der Waals surface area contributed by atoms with Gasteiger partial charge in [-0.2, -0.15) is 13.2 Å². The monoisotopic (exact) mass is 481 g/mol. The van der Waals surface area contributed by atoms with Crippen LogP contribution in [0.5, 0.6) is 0 Å². The molecule has 184 valence electrons. The number of urea groups is 1. The van der Waals surface area contributed by atoms with Gasteiger partial charge in [0, 0.05) is 38.9 Å². The maximum absolute atomic E-state index is 13.0. The molecule has 0 spiro atoms. The van der Waals surface area contributed by atoms with Crippen LogP contribution in [0.1, 0.15) is 30.9 Å². The number of alkyl halides is 3. The molecule has 7 nitrogen and oxygen atoms in total. The van der Waals surface area contributed by atoms with E-state index in [2.05, 4.69) is 15.6 Å². The fourth-order valence-electron chi connectivity index (χ4n) is 3.66. The molecule has 0 saturated carbocycles. The van der Waals surface area contributed by atoms with Crippen molar-refractivity contribution in [3.8, 4) is 0 Å². The highest BCUT2D eigenvalue weighted by Gasteiger charge is 2.32. The predicted octanol–water partition coefficient (Wildman–Crippen LogP) is 3.56. The number of nitrogens with one attached hydrogen (secondary N) is 2. The van der Waals surface area contributed by atoms with E-state index in [9.17, 15) is 27.2 Å². The molecule has 3 amide bonds. The van der Waals surface area contributed by atoms with Gasteiger partial charge in [-0.25, -0.2) is 14.2 Å². The molecule has 34 heavy (non-hydrogen) atoms. The molecule has 1 aromatic heterocycles. The zero-order valence-corrected chi connectivity index (χ0v) is 18.7. The molecule has 1 aliphatic heterocycles. The van der Waals surface area contributed by atoms with E-state index < -0.39 is 23.8 Å². The van der Waals surface area contributed by atoms with Crippen molar-refractivity contribution in [1.82, 2.24) is 20.5 Å². The van der Waals surface area contributed by atoms with Gasteiger partial charge in [0.1, 0.15) is 17.7 Å². The minimum absolute atomic E-state index is 0.192. The molecule has 1 unspecified atom stereocenters. The molecule has 0 aliphatic carbocycles. The predicted molar refractivity (Wildman–Crippen MR) is 118 cm³/mol. The van der Waals surface area contributed by atoms with E-state index in [0.717, 1.165) is 17.8 Å². The quantitative estimate of drug-likeness (QED) is 0.593. The van der Waals surface area contributed by atoms with Crippen molar-refractivity contribution >= 4 is 17.8 Å². The summed E-state index contributed by atoms with van der Waals surface area (Å²) >= 11 is 0. The van der Waals surface area contributed by atoms with Crippen LogP contribution in [-0.4, -0.2) is 54.0 Å². The van der Waals surface area contributed by atoms with Gasteiger partial charge < -0.3 is 20.4 Å². The Balaban J connectivity index is 1.51. The average molecular weight is 481 g/mol. The third-order valence-electron chi connectivity index (χ3n) is 5.54. The standard InChI is InChI=1S/C23H27F4N5O2/c1-2-3-19(30-22(34)29-14-16-4-7-18(24)8-5-16)21(33)32-12-10-31(11-13-32)20-9-6-17(15-28-20)23(25,26)27/h4-9,15,19H,2-3,10-14H2,1H3,(H2,29,30,34). The molecule has 3 rings (SSSR count). The Labute approximate surface area is 195 Å². The van der Waals surface area contributed by atoms with Gasteiger partial charge in [0.05, 0.1) is 5.56 Å². The number of carbonyl (C=O) groups is 2.